The van der Waals surface area contributed by atoms with Gasteiger partial charge in [-0.2, -0.15) is 0 Å². The SMILES string of the molecule is C[C@]12CC[C@H]3[C@@H](CCC4CC(OP(C)(O)=S)CC[C@@H]43)[C@@H]1CCC2O. The minimum absolute atomic E-state index is 0.0661. The number of aliphatic hydroxyl groups is 1. The number of fused-ring (bicyclic) bond motifs is 5. The van der Waals surface area contributed by atoms with Crippen LogP contribution in [0.5, 0.6) is 0 Å². The van der Waals surface area contributed by atoms with Crippen molar-refractivity contribution >= 4 is 18.3 Å². The van der Waals surface area contributed by atoms with Gasteiger partial charge in [0.25, 0.3) is 0 Å². The summed E-state index contributed by atoms with van der Waals surface area (Å²) in [6.07, 6.45) is 11.0. The zero-order valence-electron chi connectivity index (χ0n) is 15.1. The summed E-state index contributed by atoms with van der Waals surface area (Å²) < 4.78 is 5.81. The van der Waals surface area contributed by atoms with E-state index < -0.39 is 6.49 Å². The van der Waals surface area contributed by atoms with E-state index in [2.05, 4.69) is 6.92 Å². The highest BCUT2D eigenvalue weighted by Gasteiger charge is 2.56. The Morgan fingerprint density at radius 3 is 2.50 bits per heavy atom. The summed E-state index contributed by atoms with van der Waals surface area (Å²) in [6.45, 7) is 1.50. The average molecular weight is 373 g/mol. The van der Waals surface area contributed by atoms with Gasteiger partial charge in [-0.05, 0) is 105 Å². The minimum Gasteiger partial charge on any atom is -0.393 e. The third kappa shape index (κ3) is 3.05. The highest BCUT2D eigenvalue weighted by Crippen LogP contribution is 2.62. The van der Waals surface area contributed by atoms with E-state index in [1.54, 1.807) is 6.66 Å². The zero-order chi connectivity index (χ0) is 17.1. The second kappa shape index (κ2) is 6.30. The van der Waals surface area contributed by atoms with Crippen LogP contribution in [-0.2, 0) is 16.3 Å². The van der Waals surface area contributed by atoms with E-state index in [9.17, 15) is 10.00 Å². The van der Waals surface area contributed by atoms with Gasteiger partial charge >= 0.3 is 0 Å². The van der Waals surface area contributed by atoms with Crippen molar-refractivity contribution in [1.82, 2.24) is 0 Å². The lowest BCUT2D eigenvalue weighted by atomic mass is 9.50. The predicted octanol–water partition coefficient (Wildman–Crippen LogP) is 4.32. The molecule has 9 atom stereocenters. The molecule has 5 heteroatoms. The van der Waals surface area contributed by atoms with Gasteiger partial charge < -0.3 is 14.5 Å². The van der Waals surface area contributed by atoms with Crippen LogP contribution in [0.4, 0.5) is 0 Å². The maximum absolute atomic E-state index is 10.5. The molecule has 4 saturated carbocycles. The minimum atomic E-state index is -2.54. The van der Waals surface area contributed by atoms with Crippen molar-refractivity contribution in [2.24, 2.45) is 35.0 Å². The van der Waals surface area contributed by atoms with Crippen LogP contribution in [-0.4, -0.2) is 28.9 Å². The van der Waals surface area contributed by atoms with Crippen LogP contribution >= 0.6 is 6.49 Å². The van der Waals surface area contributed by atoms with Crippen LogP contribution in [0.3, 0.4) is 0 Å². The van der Waals surface area contributed by atoms with Crippen molar-refractivity contribution < 1.29 is 14.5 Å². The fourth-order valence-corrected chi connectivity index (χ4v) is 8.26. The van der Waals surface area contributed by atoms with E-state index in [0.29, 0.717) is 0 Å². The van der Waals surface area contributed by atoms with E-state index in [-0.39, 0.29) is 17.6 Å². The molecule has 3 nitrogen and oxygen atoms in total. The topological polar surface area (TPSA) is 49.7 Å². The third-order valence-corrected chi connectivity index (χ3v) is 9.15. The molecule has 0 spiro atoms. The number of rotatable bonds is 2. The van der Waals surface area contributed by atoms with Gasteiger partial charge in [0, 0.05) is 6.66 Å². The molecule has 138 valence electrons. The van der Waals surface area contributed by atoms with Crippen molar-refractivity contribution in [2.45, 2.75) is 76.9 Å². The molecule has 4 rings (SSSR count). The van der Waals surface area contributed by atoms with Crippen LogP contribution in [0, 0.1) is 35.0 Å². The number of aliphatic hydroxyl groups excluding tert-OH is 1. The molecule has 4 aliphatic rings. The Bertz CT molecular complexity index is 535. The molecule has 0 aliphatic heterocycles. The molecular formula is C19H33O3PS. The van der Waals surface area contributed by atoms with Crippen molar-refractivity contribution in [3.05, 3.63) is 0 Å². The smallest absolute Gasteiger partial charge is 0.183 e. The standard InChI is InChI=1S/C19H33O3PS/c1-19-10-9-15-14-6-4-13(22-23(2,21)24)11-12(14)3-5-16(15)17(19)7-8-18(19)20/h12-18,20H,3-11H2,1-2H3,(H,21,24)/t12?,13?,14-,15+,16+,17-,18?,19-,23?/m0/s1. The van der Waals surface area contributed by atoms with Crippen LogP contribution in [0.15, 0.2) is 0 Å². The van der Waals surface area contributed by atoms with Crippen molar-refractivity contribution in [2.75, 3.05) is 6.66 Å². The summed E-state index contributed by atoms with van der Waals surface area (Å²) in [4.78, 5) is 9.89. The Balaban J connectivity index is 1.46. The highest BCUT2D eigenvalue weighted by molar-refractivity contribution is 8.09. The molecule has 0 aromatic heterocycles. The van der Waals surface area contributed by atoms with Gasteiger partial charge in [-0.15, -0.1) is 0 Å². The zero-order valence-corrected chi connectivity index (χ0v) is 16.8. The van der Waals surface area contributed by atoms with E-state index in [1.807, 2.05) is 0 Å². The molecule has 24 heavy (non-hydrogen) atoms. The average Bonchev–Trinajstić information content (AvgIpc) is 2.81. The lowest BCUT2D eigenvalue weighted by Gasteiger charge is -2.55. The Labute approximate surface area is 151 Å². The highest BCUT2D eigenvalue weighted by atomic mass is 32.5. The molecular weight excluding hydrogens is 339 g/mol. The third-order valence-electron chi connectivity index (χ3n) is 8.20. The molecule has 0 radical (unpaired) electrons. The van der Waals surface area contributed by atoms with Crippen molar-refractivity contribution in [3.63, 3.8) is 0 Å². The second-order valence-electron chi connectivity index (χ2n) is 9.42. The molecule has 4 unspecified atom stereocenters. The summed E-state index contributed by atoms with van der Waals surface area (Å²) in [5.74, 6) is 4.07. The van der Waals surface area contributed by atoms with Crippen LogP contribution in [0.1, 0.15) is 64.7 Å². The quantitative estimate of drug-likeness (QED) is 0.709. The Morgan fingerprint density at radius 1 is 1.00 bits per heavy atom. The van der Waals surface area contributed by atoms with Crippen LogP contribution in [0.2, 0.25) is 0 Å². The Morgan fingerprint density at radius 2 is 1.75 bits per heavy atom. The normalized spacial score (nSPS) is 53.6. The van der Waals surface area contributed by atoms with Gasteiger partial charge in [0.1, 0.15) is 0 Å². The Hall–Kier alpha value is 0.530. The van der Waals surface area contributed by atoms with Gasteiger partial charge in [-0.25, -0.2) is 0 Å². The second-order valence-corrected chi connectivity index (χ2v) is 13.3. The largest absolute Gasteiger partial charge is 0.393 e. The van der Waals surface area contributed by atoms with E-state index in [4.69, 9.17) is 16.3 Å². The molecule has 0 aromatic rings. The van der Waals surface area contributed by atoms with Crippen molar-refractivity contribution in [3.8, 4) is 0 Å². The molecule has 0 amide bonds. The van der Waals surface area contributed by atoms with E-state index in [1.165, 1.54) is 38.5 Å². The fraction of sp³-hybridized carbons (Fsp3) is 1.00. The van der Waals surface area contributed by atoms with Gasteiger partial charge in [0.2, 0.25) is 0 Å². The molecule has 0 aromatic carbocycles. The fourth-order valence-electron chi connectivity index (χ4n) is 7.15. The molecule has 4 fully saturated rings. The summed E-state index contributed by atoms with van der Waals surface area (Å²) >= 11 is 5.10. The van der Waals surface area contributed by atoms with Gasteiger partial charge in [0.15, 0.2) is 6.49 Å². The van der Waals surface area contributed by atoms with Crippen LogP contribution in [0.25, 0.3) is 0 Å². The first-order valence-electron chi connectivity index (χ1n) is 9.94. The van der Waals surface area contributed by atoms with Gasteiger partial charge in [-0.1, -0.05) is 6.92 Å². The molecule has 0 saturated heterocycles. The summed E-state index contributed by atoms with van der Waals surface area (Å²) in [5.41, 5.74) is 0.194. The van der Waals surface area contributed by atoms with Crippen molar-refractivity contribution in [1.29, 1.82) is 0 Å². The van der Waals surface area contributed by atoms with E-state index in [0.717, 1.165) is 48.9 Å². The Kier molecular flexibility index (Phi) is 4.71. The maximum atomic E-state index is 10.5. The van der Waals surface area contributed by atoms with E-state index >= 15 is 0 Å². The maximum Gasteiger partial charge on any atom is 0.183 e. The first kappa shape index (κ1) is 17.9. The number of hydrogen-bond acceptors (Lipinski definition) is 3. The monoisotopic (exact) mass is 372 g/mol. The number of hydrogen-bond donors (Lipinski definition) is 2. The molecule has 0 heterocycles. The lowest BCUT2D eigenvalue weighted by molar-refractivity contribution is -0.0893. The first-order chi connectivity index (χ1) is 11.3. The summed E-state index contributed by atoms with van der Waals surface area (Å²) in [6, 6.07) is 0. The predicted molar refractivity (Wildman–Crippen MR) is 100 cm³/mol. The molecule has 2 N–H and O–H groups in total. The molecule has 0 bridgehead atoms. The summed E-state index contributed by atoms with van der Waals surface area (Å²) in [5, 5.41) is 10.5. The van der Waals surface area contributed by atoms with Crippen LogP contribution < -0.4 is 0 Å². The lowest BCUT2D eigenvalue weighted by Crippen LogP contribution is -2.49. The molecule has 4 aliphatic carbocycles. The first-order valence-corrected chi connectivity index (χ1v) is 13.1. The summed E-state index contributed by atoms with van der Waals surface area (Å²) in [7, 11) is 0. The van der Waals surface area contributed by atoms with Gasteiger partial charge in [-0.3, -0.25) is 0 Å². The van der Waals surface area contributed by atoms with Gasteiger partial charge in [0.05, 0.1) is 12.2 Å².